The Morgan fingerprint density at radius 3 is 2.78 bits per heavy atom. The van der Waals surface area contributed by atoms with E-state index >= 15 is 0 Å². The average molecular weight is 317 g/mol. The molecule has 1 aliphatic rings. The van der Waals surface area contributed by atoms with Gasteiger partial charge in [-0.05, 0) is 24.6 Å². The van der Waals surface area contributed by atoms with E-state index in [-0.39, 0.29) is 19.0 Å². The van der Waals surface area contributed by atoms with Gasteiger partial charge in [0.05, 0.1) is 5.92 Å². The Hall–Kier alpha value is -2.96. The Kier molecular flexibility index (Phi) is 3.69. The molecule has 0 saturated carbocycles. The number of aryl methyl sites for hydroxylation is 1. The number of fused-ring (bicyclic) bond motifs is 1. The molecule has 3 rings (SSSR count). The standard InChI is InChI=1S/C16H15NO6/c1-8-4-11(18)15(20)16(23-8)10(6-14(17)19)9-2-3-12-13(5-9)22-7-21-12/h2-5,10,20H,6-7H2,1H3,(H2,17,19)/t10-/m1/s1. The first-order chi connectivity index (χ1) is 11.0. The monoisotopic (exact) mass is 317 g/mol. The molecule has 7 heteroatoms. The summed E-state index contributed by atoms with van der Waals surface area (Å²) >= 11 is 0. The van der Waals surface area contributed by atoms with Gasteiger partial charge in [-0.1, -0.05) is 6.07 Å². The number of ether oxygens (including phenoxy) is 2. The van der Waals surface area contributed by atoms with E-state index in [0.717, 1.165) is 0 Å². The van der Waals surface area contributed by atoms with Crippen molar-refractivity contribution in [2.24, 2.45) is 5.73 Å². The van der Waals surface area contributed by atoms with Gasteiger partial charge >= 0.3 is 0 Å². The highest BCUT2D eigenvalue weighted by molar-refractivity contribution is 5.75. The normalized spacial score (nSPS) is 13.8. The van der Waals surface area contributed by atoms with E-state index in [2.05, 4.69) is 0 Å². The molecule has 2 heterocycles. The van der Waals surface area contributed by atoms with E-state index < -0.39 is 23.0 Å². The number of benzene rings is 1. The van der Waals surface area contributed by atoms with Gasteiger partial charge in [0.25, 0.3) is 0 Å². The topological polar surface area (TPSA) is 112 Å². The van der Waals surface area contributed by atoms with E-state index in [4.69, 9.17) is 19.6 Å². The molecular weight excluding hydrogens is 302 g/mol. The largest absolute Gasteiger partial charge is 0.502 e. The Morgan fingerprint density at radius 1 is 1.30 bits per heavy atom. The van der Waals surface area contributed by atoms with Crippen LogP contribution in [0.15, 0.2) is 33.5 Å². The number of carbonyl (C=O) groups is 1. The quantitative estimate of drug-likeness (QED) is 0.881. The van der Waals surface area contributed by atoms with E-state index in [0.29, 0.717) is 22.8 Å². The molecule has 3 N–H and O–H groups in total. The van der Waals surface area contributed by atoms with E-state index in [9.17, 15) is 14.7 Å². The van der Waals surface area contributed by atoms with E-state index in [1.54, 1.807) is 25.1 Å². The fraction of sp³-hybridized carbons (Fsp3) is 0.250. The van der Waals surface area contributed by atoms with Gasteiger partial charge in [-0.2, -0.15) is 0 Å². The maximum absolute atomic E-state index is 11.8. The lowest BCUT2D eigenvalue weighted by atomic mass is 9.91. The van der Waals surface area contributed by atoms with Gasteiger partial charge in [-0.25, -0.2) is 0 Å². The van der Waals surface area contributed by atoms with Crippen LogP contribution < -0.4 is 20.6 Å². The number of primary amides is 1. The first kappa shape index (κ1) is 15.0. The van der Waals surface area contributed by atoms with Crippen LogP contribution >= 0.6 is 0 Å². The fourth-order valence-electron chi connectivity index (χ4n) is 2.55. The molecule has 0 saturated heterocycles. The highest BCUT2D eigenvalue weighted by Gasteiger charge is 2.26. The van der Waals surface area contributed by atoms with Crippen LogP contribution in [0.2, 0.25) is 0 Å². The second kappa shape index (κ2) is 5.68. The number of hydrogen-bond acceptors (Lipinski definition) is 6. The lowest BCUT2D eigenvalue weighted by Crippen LogP contribution is -2.17. The molecule has 23 heavy (non-hydrogen) atoms. The van der Waals surface area contributed by atoms with Crippen molar-refractivity contribution < 1.29 is 23.8 Å². The highest BCUT2D eigenvalue weighted by atomic mass is 16.7. The summed E-state index contributed by atoms with van der Waals surface area (Å²) in [5.74, 6) is -0.371. The Labute approximate surface area is 131 Å². The van der Waals surface area contributed by atoms with Crippen molar-refractivity contribution in [3.05, 3.63) is 51.6 Å². The molecule has 120 valence electrons. The summed E-state index contributed by atoms with van der Waals surface area (Å²) in [7, 11) is 0. The number of hydrogen-bond donors (Lipinski definition) is 2. The fourth-order valence-corrected chi connectivity index (χ4v) is 2.55. The maximum atomic E-state index is 11.8. The molecule has 0 unspecified atom stereocenters. The summed E-state index contributed by atoms with van der Waals surface area (Å²) in [5, 5.41) is 10.0. The molecule has 0 bridgehead atoms. The molecule has 1 atom stereocenters. The summed E-state index contributed by atoms with van der Waals surface area (Å²) < 4.78 is 16.1. The summed E-state index contributed by atoms with van der Waals surface area (Å²) in [6, 6.07) is 6.26. The molecule has 1 aliphatic heterocycles. The van der Waals surface area contributed by atoms with Gasteiger partial charge in [0.2, 0.25) is 23.9 Å². The predicted octanol–water partition coefficient (Wildman–Crippen LogP) is 1.39. The van der Waals surface area contributed by atoms with Crippen molar-refractivity contribution in [3.63, 3.8) is 0 Å². The third kappa shape index (κ3) is 2.85. The number of rotatable bonds is 4. The zero-order chi connectivity index (χ0) is 16.6. The average Bonchev–Trinajstić information content (AvgIpc) is 2.96. The van der Waals surface area contributed by atoms with Crippen LogP contribution in [0.5, 0.6) is 17.2 Å². The Morgan fingerprint density at radius 2 is 2.04 bits per heavy atom. The third-order valence-electron chi connectivity index (χ3n) is 3.59. The molecule has 1 aromatic carbocycles. The van der Waals surface area contributed by atoms with Crippen LogP contribution in [0.25, 0.3) is 0 Å². The molecule has 7 nitrogen and oxygen atoms in total. The second-order valence-electron chi connectivity index (χ2n) is 5.27. The number of aromatic hydroxyl groups is 1. The van der Waals surface area contributed by atoms with Gasteiger partial charge in [0, 0.05) is 12.5 Å². The number of carbonyl (C=O) groups excluding carboxylic acids is 1. The Balaban J connectivity index is 2.12. The van der Waals surface area contributed by atoms with Crippen molar-refractivity contribution in [1.29, 1.82) is 0 Å². The van der Waals surface area contributed by atoms with Gasteiger partial charge in [-0.15, -0.1) is 0 Å². The summed E-state index contributed by atoms with van der Waals surface area (Å²) in [4.78, 5) is 23.2. The highest BCUT2D eigenvalue weighted by Crippen LogP contribution is 2.39. The van der Waals surface area contributed by atoms with E-state index in [1.807, 2.05) is 0 Å². The summed E-state index contributed by atoms with van der Waals surface area (Å²) in [6.07, 6.45) is -0.125. The molecule has 0 fully saturated rings. The van der Waals surface area contributed by atoms with Crippen LogP contribution in [-0.4, -0.2) is 17.8 Å². The zero-order valence-electron chi connectivity index (χ0n) is 12.4. The first-order valence-corrected chi connectivity index (χ1v) is 6.97. The van der Waals surface area contributed by atoms with E-state index in [1.165, 1.54) is 6.07 Å². The third-order valence-corrected chi connectivity index (χ3v) is 3.59. The van der Waals surface area contributed by atoms with Crippen molar-refractivity contribution in [1.82, 2.24) is 0 Å². The molecule has 0 radical (unpaired) electrons. The van der Waals surface area contributed by atoms with Gasteiger partial charge in [-0.3, -0.25) is 9.59 Å². The summed E-state index contributed by atoms with van der Waals surface area (Å²) in [5.41, 5.74) is 5.36. The zero-order valence-corrected chi connectivity index (χ0v) is 12.4. The molecule has 0 aliphatic carbocycles. The van der Waals surface area contributed by atoms with Crippen molar-refractivity contribution in [2.75, 3.05) is 6.79 Å². The van der Waals surface area contributed by atoms with Crippen LogP contribution in [-0.2, 0) is 4.79 Å². The molecule has 2 aromatic rings. The minimum atomic E-state index is -0.699. The van der Waals surface area contributed by atoms with Crippen LogP contribution in [0.1, 0.15) is 29.4 Å². The predicted molar refractivity (Wildman–Crippen MR) is 79.6 cm³/mol. The minimum Gasteiger partial charge on any atom is -0.502 e. The van der Waals surface area contributed by atoms with Crippen LogP contribution in [0.3, 0.4) is 0 Å². The van der Waals surface area contributed by atoms with Gasteiger partial charge in [0.15, 0.2) is 17.3 Å². The number of nitrogens with two attached hydrogens (primary N) is 1. The van der Waals surface area contributed by atoms with Crippen LogP contribution in [0.4, 0.5) is 0 Å². The van der Waals surface area contributed by atoms with Gasteiger partial charge in [0.1, 0.15) is 5.76 Å². The Bertz CT molecular complexity index is 826. The SMILES string of the molecule is Cc1cc(=O)c(O)c([C@H](CC(N)=O)c2ccc3c(c2)OCO3)o1. The number of amides is 1. The first-order valence-electron chi connectivity index (χ1n) is 6.97. The van der Waals surface area contributed by atoms with Gasteiger partial charge < -0.3 is 24.7 Å². The second-order valence-corrected chi connectivity index (χ2v) is 5.27. The lowest BCUT2D eigenvalue weighted by Gasteiger charge is -2.17. The molecular formula is C16H15NO6. The van der Waals surface area contributed by atoms with Crippen molar-refractivity contribution in [3.8, 4) is 17.2 Å². The smallest absolute Gasteiger partial charge is 0.231 e. The lowest BCUT2D eigenvalue weighted by molar-refractivity contribution is -0.118. The molecule has 1 aromatic heterocycles. The van der Waals surface area contributed by atoms with Crippen LogP contribution in [0, 0.1) is 6.92 Å². The maximum Gasteiger partial charge on any atom is 0.231 e. The molecule has 1 amide bonds. The van der Waals surface area contributed by atoms with Crippen molar-refractivity contribution >= 4 is 5.91 Å². The molecule has 0 spiro atoms. The summed E-state index contributed by atoms with van der Waals surface area (Å²) in [6.45, 7) is 1.70. The van der Waals surface area contributed by atoms with Crippen molar-refractivity contribution in [2.45, 2.75) is 19.3 Å². The minimum absolute atomic E-state index is 0.00710.